The van der Waals surface area contributed by atoms with Crippen LogP contribution in [0, 0.1) is 5.92 Å². The van der Waals surface area contributed by atoms with Gasteiger partial charge in [0.15, 0.2) is 5.84 Å². The standard InChI is InChI=1S/C16H25N3O/c1-12-3-2-4-15(10-5-12)18-11-13-6-8-14(9-7-13)16(17)19-20/h6-9,12,15,18,20H,2-5,10-11H2,1H3,(H2,17,19). The third-order valence-corrected chi connectivity index (χ3v) is 4.21. The molecule has 1 fully saturated rings. The van der Waals surface area contributed by atoms with Crippen LogP contribution in [0.1, 0.15) is 50.2 Å². The molecule has 0 radical (unpaired) electrons. The maximum atomic E-state index is 8.63. The van der Waals surface area contributed by atoms with Crippen molar-refractivity contribution in [2.24, 2.45) is 16.8 Å². The number of nitrogens with two attached hydrogens (primary N) is 1. The van der Waals surface area contributed by atoms with Crippen LogP contribution in [0.2, 0.25) is 0 Å². The largest absolute Gasteiger partial charge is 0.409 e. The van der Waals surface area contributed by atoms with E-state index in [9.17, 15) is 0 Å². The highest BCUT2D eigenvalue weighted by molar-refractivity contribution is 5.96. The van der Waals surface area contributed by atoms with Crippen LogP contribution >= 0.6 is 0 Å². The zero-order valence-corrected chi connectivity index (χ0v) is 12.2. The van der Waals surface area contributed by atoms with Gasteiger partial charge in [-0.2, -0.15) is 0 Å². The molecule has 2 atom stereocenters. The quantitative estimate of drug-likeness (QED) is 0.260. The molecule has 2 unspecified atom stereocenters. The topological polar surface area (TPSA) is 70.6 Å². The predicted octanol–water partition coefficient (Wildman–Crippen LogP) is 2.84. The molecular formula is C16H25N3O. The van der Waals surface area contributed by atoms with Gasteiger partial charge in [0.1, 0.15) is 0 Å². The van der Waals surface area contributed by atoms with Crippen molar-refractivity contribution in [3.8, 4) is 0 Å². The van der Waals surface area contributed by atoms with Crippen molar-refractivity contribution in [3.63, 3.8) is 0 Å². The molecule has 0 aromatic heterocycles. The molecule has 1 aromatic carbocycles. The summed E-state index contributed by atoms with van der Waals surface area (Å²) in [4.78, 5) is 0. The maximum absolute atomic E-state index is 8.63. The molecule has 4 N–H and O–H groups in total. The molecule has 0 bridgehead atoms. The first-order chi connectivity index (χ1) is 9.69. The Hall–Kier alpha value is -1.55. The zero-order valence-electron chi connectivity index (χ0n) is 12.2. The average Bonchev–Trinajstić information content (AvgIpc) is 2.69. The molecule has 1 aromatic rings. The third-order valence-electron chi connectivity index (χ3n) is 4.21. The summed E-state index contributed by atoms with van der Waals surface area (Å²) in [5, 5.41) is 15.3. The zero-order chi connectivity index (χ0) is 14.4. The lowest BCUT2D eigenvalue weighted by atomic mass is 10.0. The number of hydrogen-bond donors (Lipinski definition) is 3. The van der Waals surface area contributed by atoms with Gasteiger partial charge in [-0.15, -0.1) is 0 Å². The van der Waals surface area contributed by atoms with E-state index >= 15 is 0 Å². The maximum Gasteiger partial charge on any atom is 0.170 e. The third kappa shape index (κ3) is 4.23. The second-order valence-electron chi connectivity index (χ2n) is 5.87. The Morgan fingerprint density at radius 1 is 1.25 bits per heavy atom. The lowest BCUT2D eigenvalue weighted by molar-refractivity contribution is 0.318. The first-order valence-electron chi connectivity index (χ1n) is 7.49. The van der Waals surface area contributed by atoms with Crippen molar-refractivity contribution in [1.82, 2.24) is 5.32 Å². The van der Waals surface area contributed by atoms with Crippen molar-refractivity contribution < 1.29 is 5.21 Å². The van der Waals surface area contributed by atoms with E-state index in [1.807, 2.05) is 24.3 Å². The Morgan fingerprint density at radius 2 is 2.00 bits per heavy atom. The van der Waals surface area contributed by atoms with Gasteiger partial charge in [0.05, 0.1) is 0 Å². The molecule has 2 rings (SSSR count). The number of hydrogen-bond acceptors (Lipinski definition) is 3. The minimum absolute atomic E-state index is 0.155. The number of amidine groups is 1. The number of oxime groups is 1. The molecule has 0 heterocycles. The van der Waals surface area contributed by atoms with Crippen LogP contribution in [0.4, 0.5) is 0 Å². The highest BCUT2D eigenvalue weighted by Gasteiger charge is 2.15. The van der Waals surface area contributed by atoms with Crippen LogP contribution in [-0.2, 0) is 6.54 Å². The summed E-state index contributed by atoms with van der Waals surface area (Å²) < 4.78 is 0. The number of benzene rings is 1. The Morgan fingerprint density at radius 3 is 2.70 bits per heavy atom. The molecule has 0 amide bonds. The number of rotatable bonds is 4. The van der Waals surface area contributed by atoms with Gasteiger partial charge >= 0.3 is 0 Å². The lowest BCUT2D eigenvalue weighted by Crippen LogP contribution is -2.28. The average molecular weight is 275 g/mol. The SMILES string of the molecule is CC1CCCC(NCc2ccc(/C(N)=N/O)cc2)CC1. The lowest BCUT2D eigenvalue weighted by Gasteiger charge is -2.16. The number of nitrogens with one attached hydrogen (secondary N) is 1. The summed E-state index contributed by atoms with van der Waals surface area (Å²) in [5.74, 6) is 1.03. The van der Waals surface area contributed by atoms with Crippen molar-refractivity contribution in [3.05, 3.63) is 35.4 Å². The predicted molar refractivity (Wildman–Crippen MR) is 81.8 cm³/mol. The van der Waals surface area contributed by atoms with Gasteiger partial charge in [-0.05, 0) is 30.7 Å². The summed E-state index contributed by atoms with van der Waals surface area (Å²) in [6, 6.07) is 8.48. The fraction of sp³-hybridized carbons (Fsp3) is 0.562. The van der Waals surface area contributed by atoms with Gasteiger partial charge in [-0.3, -0.25) is 0 Å². The second kappa shape index (κ2) is 7.29. The molecule has 4 heteroatoms. The summed E-state index contributed by atoms with van der Waals surface area (Å²) in [6.45, 7) is 3.24. The highest BCUT2D eigenvalue weighted by Crippen LogP contribution is 2.22. The first kappa shape index (κ1) is 14.9. The van der Waals surface area contributed by atoms with Crippen LogP contribution in [-0.4, -0.2) is 17.1 Å². The van der Waals surface area contributed by atoms with E-state index < -0.39 is 0 Å². The van der Waals surface area contributed by atoms with E-state index in [-0.39, 0.29) is 5.84 Å². The molecule has 110 valence electrons. The Kier molecular flexibility index (Phi) is 5.41. The van der Waals surface area contributed by atoms with Crippen molar-refractivity contribution in [2.75, 3.05) is 0 Å². The Bertz CT molecular complexity index is 442. The van der Waals surface area contributed by atoms with Crippen LogP contribution in [0.3, 0.4) is 0 Å². The van der Waals surface area contributed by atoms with Crippen molar-refractivity contribution in [1.29, 1.82) is 0 Å². The summed E-state index contributed by atoms with van der Waals surface area (Å²) in [5.41, 5.74) is 7.53. The minimum atomic E-state index is 0.155. The van der Waals surface area contributed by atoms with Crippen LogP contribution in [0.5, 0.6) is 0 Å². The van der Waals surface area contributed by atoms with E-state index in [2.05, 4.69) is 17.4 Å². The first-order valence-corrected chi connectivity index (χ1v) is 7.49. The van der Waals surface area contributed by atoms with Crippen LogP contribution in [0.25, 0.3) is 0 Å². The van der Waals surface area contributed by atoms with Gasteiger partial charge in [-0.1, -0.05) is 49.2 Å². The van der Waals surface area contributed by atoms with E-state index in [4.69, 9.17) is 10.9 Å². The van der Waals surface area contributed by atoms with Gasteiger partial charge in [0.25, 0.3) is 0 Å². The van der Waals surface area contributed by atoms with Crippen molar-refractivity contribution >= 4 is 5.84 Å². The van der Waals surface area contributed by atoms with Gasteiger partial charge in [-0.25, -0.2) is 0 Å². The van der Waals surface area contributed by atoms with E-state index in [1.54, 1.807) is 0 Å². The van der Waals surface area contributed by atoms with E-state index in [0.717, 1.165) is 18.0 Å². The molecule has 0 spiro atoms. The fourth-order valence-electron chi connectivity index (χ4n) is 2.80. The fourth-order valence-corrected chi connectivity index (χ4v) is 2.80. The molecule has 20 heavy (non-hydrogen) atoms. The van der Waals surface area contributed by atoms with Gasteiger partial charge < -0.3 is 16.3 Å². The summed E-state index contributed by atoms with van der Waals surface area (Å²) >= 11 is 0. The number of nitrogens with zero attached hydrogens (tertiary/aromatic N) is 1. The molecule has 1 aliphatic rings. The Labute approximate surface area is 121 Å². The normalized spacial score (nSPS) is 24.4. The van der Waals surface area contributed by atoms with Crippen molar-refractivity contribution in [2.45, 2.75) is 51.6 Å². The molecule has 1 aliphatic carbocycles. The smallest absolute Gasteiger partial charge is 0.170 e. The molecule has 4 nitrogen and oxygen atoms in total. The van der Waals surface area contributed by atoms with Gasteiger partial charge in [0, 0.05) is 18.2 Å². The monoisotopic (exact) mass is 275 g/mol. The van der Waals surface area contributed by atoms with E-state index in [0.29, 0.717) is 6.04 Å². The highest BCUT2D eigenvalue weighted by atomic mass is 16.4. The van der Waals surface area contributed by atoms with Crippen LogP contribution in [0.15, 0.2) is 29.4 Å². The molecule has 1 saturated carbocycles. The van der Waals surface area contributed by atoms with E-state index in [1.165, 1.54) is 37.7 Å². The van der Waals surface area contributed by atoms with Crippen LogP contribution < -0.4 is 11.1 Å². The minimum Gasteiger partial charge on any atom is -0.409 e. The van der Waals surface area contributed by atoms with Gasteiger partial charge in [0.2, 0.25) is 0 Å². The summed E-state index contributed by atoms with van der Waals surface area (Å²) in [7, 11) is 0. The molecular weight excluding hydrogens is 250 g/mol. The molecule has 0 aliphatic heterocycles. The Balaban J connectivity index is 1.84. The molecule has 0 saturated heterocycles. The second-order valence-corrected chi connectivity index (χ2v) is 5.87. The summed E-state index contributed by atoms with van der Waals surface area (Å²) in [6.07, 6.45) is 6.60.